The standard InChI is InChI=1S/C38H48N8O/c39-35-33-34(27-6-8-32(9-7-27)47-31-4-2-1-3-5-31)43-46(36(33)42-26-41-35)30-14-20-44(21-15-30)28-12-18-38(19-13-28)24-45(25-38)29-10-16-37(17-11-29)22-40-23-37/h1-9,26,28-30,40H,10-25H2,(H2,39,41,42). The normalized spacial score (nSPS) is 25.1. The van der Waals surface area contributed by atoms with E-state index in [0.717, 1.165) is 71.8 Å². The highest BCUT2D eigenvalue weighted by atomic mass is 16.5. The minimum Gasteiger partial charge on any atom is -0.457 e. The minimum atomic E-state index is 0.304. The van der Waals surface area contributed by atoms with Crippen LogP contribution < -0.4 is 15.8 Å². The molecule has 0 bridgehead atoms. The van der Waals surface area contributed by atoms with Crippen molar-refractivity contribution in [2.45, 2.75) is 82.3 Å². The Kier molecular flexibility index (Phi) is 7.47. The number of hydrogen-bond acceptors (Lipinski definition) is 8. The van der Waals surface area contributed by atoms with Gasteiger partial charge in [0.1, 0.15) is 29.3 Å². The molecule has 2 aromatic carbocycles. The van der Waals surface area contributed by atoms with E-state index >= 15 is 0 Å². The van der Waals surface area contributed by atoms with Crippen molar-refractivity contribution in [3.05, 3.63) is 60.9 Å². The molecule has 0 unspecified atom stereocenters. The molecule has 2 aliphatic carbocycles. The van der Waals surface area contributed by atoms with Crippen molar-refractivity contribution in [1.29, 1.82) is 0 Å². The van der Waals surface area contributed by atoms with Gasteiger partial charge in [-0.1, -0.05) is 18.2 Å². The molecule has 2 saturated carbocycles. The van der Waals surface area contributed by atoms with E-state index < -0.39 is 0 Å². The summed E-state index contributed by atoms with van der Waals surface area (Å²) in [7, 11) is 0. The van der Waals surface area contributed by atoms with Crippen LogP contribution in [0.5, 0.6) is 11.5 Å². The van der Waals surface area contributed by atoms with Crippen LogP contribution in [0.3, 0.4) is 0 Å². The third-order valence-electron chi connectivity index (χ3n) is 12.6. The van der Waals surface area contributed by atoms with Crippen molar-refractivity contribution >= 4 is 16.9 Å². The molecule has 9 nitrogen and oxygen atoms in total. The van der Waals surface area contributed by atoms with E-state index in [1.54, 1.807) is 6.33 Å². The van der Waals surface area contributed by atoms with E-state index in [0.29, 0.717) is 22.7 Å². The lowest BCUT2D eigenvalue weighted by molar-refractivity contribution is -0.0862. The molecule has 2 aromatic heterocycles. The van der Waals surface area contributed by atoms with Gasteiger partial charge < -0.3 is 20.7 Å². The molecule has 4 aromatic rings. The number of nitrogens with two attached hydrogens (primary N) is 1. The van der Waals surface area contributed by atoms with E-state index in [9.17, 15) is 0 Å². The van der Waals surface area contributed by atoms with Gasteiger partial charge in [0.2, 0.25) is 0 Å². The van der Waals surface area contributed by atoms with Crippen LogP contribution in [0, 0.1) is 10.8 Å². The third kappa shape index (κ3) is 5.50. The van der Waals surface area contributed by atoms with E-state index in [1.807, 2.05) is 54.6 Å². The van der Waals surface area contributed by atoms with Crippen LogP contribution >= 0.6 is 0 Å². The number of ether oxygens (including phenoxy) is 1. The number of para-hydroxylation sites is 1. The number of hydrogen-bond donors (Lipinski definition) is 2. The first-order valence-corrected chi connectivity index (χ1v) is 18.1. The van der Waals surface area contributed by atoms with Crippen LogP contribution in [-0.2, 0) is 0 Å². The summed E-state index contributed by atoms with van der Waals surface area (Å²) in [6.45, 7) is 7.50. The van der Waals surface area contributed by atoms with Crippen LogP contribution in [0.1, 0.15) is 70.3 Å². The fourth-order valence-electron chi connectivity index (χ4n) is 9.64. The Hall–Kier alpha value is -3.53. The average molecular weight is 633 g/mol. The summed E-state index contributed by atoms with van der Waals surface area (Å²) in [5.41, 5.74) is 10.4. The van der Waals surface area contributed by atoms with Crippen molar-refractivity contribution in [2.24, 2.45) is 10.8 Å². The number of nitrogens with one attached hydrogen (secondary N) is 1. The highest BCUT2D eigenvalue weighted by Crippen LogP contribution is 2.49. The summed E-state index contributed by atoms with van der Waals surface area (Å²) in [6.07, 6.45) is 15.0. The van der Waals surface area contributed by atoms with Crippen molar-refractivity contribution in [2.75, 3.05) is 45.0 Å². The molecule has 0 radical (unpaired) electrons. The Balaban J connectivity index is 0.819. The lowest BCUT2D eigenvalue weighted by Gasteiger charge is -2.59. The average Bonchev–Trinajstić information content (AvgIpc) is 3.49. The number of piperidine rings is 1. The molecular weight excluding hydrogens is 584 g/mol. The number of aromatic nitrogens is 4. The van der Waals surface area contributed by atoms with Gasteiger partial charge in [-0.25, -0.2) is 14.6 Å². The fraction of sp³-hybridized carbons (Fsp3) is 0.553. The third-order valence-corrected chi connectivity index (χ3v) is 12.6. The summed E-state index contributed by atoms with van der Waals surface area (Å²) in [4.78, 5) is 14.7. The molecule has 5 aliphatic rings. The molecule has 5 heterocycles. The van der Waals surface area contributed by atoms with E-state index in [1.165, 1.54) is 77.5 Å². The molecule has 9 heteroatoms. The van der Waals surface area contributed by atoms with E-state index in [4.69, 9.17) is 20.6 Å². The zero-order valence-electron chi connectivity index (χ0n) is 27.5. The van der Waals surface area contributed by atoms with Crippen LogP contribution in [0.15, 0.2) is 60.9 Å². The van der Waals surface area contributed by atoms with Gasteiger partial charge in [-0.05, 0) is 111 Å². The second-order valence-corrected chi connectivity index (χ2v) is 15.4. The van der Waals surface area contributed by atoms with Gasteiger partial charge >= 0.3 is 0 Å². The molecule has 3 aliphatic heterocycles. The molecule has 0 amide bonds. The maximum absolute atomic E-state index is 6.45. The Bertz CT molecular complexity index is 1680. The lowest BCUT2D eigenvalue weighted by Crippen LogP contribution is -2.64. The molecule has 5 fully saturated rings. The highest BCUT2D eigenvalue weighted by Gasteiger charge is 2.50. The Labute approximate surface area is 277 Å². The van der Waals surface area contributed by atoms with Gasteiger partial charge in [0, 0.05) is 56.9 Å². The second-order valence-electron chi connectivity index (χ2n) is 15.4. The highest BCUT2D eigenvalue weighted by molar-refractivity contribution is 5.98. The first-order valence-electron chi connectivity index (χ1n) is 18.1. The molecule has 9 rings (SSSR count). The predicted octanol–water partition coefficient (Wildman–Crippen LogP) is 6.28. The summed E-state index contributed by atoms with van der Waals surface area (Å²) in [6, 6.07) is 19.8. The molecular formula is C38H48N8O. The summed E-state index contributed by atoms with van der Waals surface area (Å²) in [5, 5.41) is 9.52. The largest absolute Gasteiger partial charge is 0.457 e. The summed E-state index contributed by atoms with van der Waals surface area (Å²) < 4.78 is 8.16. The SMILES string of the molecule is Nc1ncnc2c1c(-c1ccc(Oc3ccccc3)cc1)nn2C1CCN(C2CCC3(CC2)CN(C2CCC4(CC2)CNC4)C3)CC1. The molecule has 3 N–H and O–H groups in total. The van der Waals surface area contributed by atoms with Gasteiger partial charge in [0.15, 0.2) is 5.65 Å². The smallest absolute Gasteiger partial charge is 0.164 e. The fourth-order valence-corrected chi connectivity index (χ4v) is 9.64. The summed E-state index contributed by atoms with van der Waals surface area (Å²) in [5.74, 6) is 2.08. The molecule has 47 heavy (non-hydrogen) atoms. The van der Waals surface area contributed by atoms with Gasteiger partial charge in [0.05, 0.1) is 11.4 Å². The maximum Gasteiger partial charge on any atom is 0.164 e. The molecule has 3 saturated heterocycles. The number of likely N-dealkylation sites (tertiary alicyclic amines) is 2. The topological polar surface area (TPSA) is 97.4 Å². The number of anilines is 1. The van der Waals surface area contributed by atoms with Crippen LogP contribution in [-0.4, -0.2) is 80.9 Å². The minimum absolute atomic E-state index is 0.304. The van der Waals surface area contributed by atoms with E-state index in [2.05, 4.69) is 24.8 Å². The first-order chi connectivity index (χ1) is 23.1. The van der Waals surface area contributed by atoms with Gasteiger partial charge in [-0.2, -0.15) is 5.10 Å². The number of nitrogens with zero attached hydrogens (tertiary/aromatic N) is 6. The Morgan fingerprint density at radius 1 is 0.702 bits per heavy atom. The lowest BCUT2D eigenvalue weighted by atomic mass is 9.64. The quantitative estimate of drug-likeness (QED) is 0.256. The molecule has 0 atom stereocenters. The monoisotopic (exact) mass is 632 g/mol. The first kappa shape index (κ1) is 29.6. The number of nitrogen functional groups attached to an aromatic ring is 1. The Morgan fingerprint density at radius 2 is 1.34 bits per heavy atom. The molecule has 2 spiro atoms. The number of fused-ring (bicyclic) bond motifs is 1. The number of rotatable bonds is 6. The van der Waals surface area contributed by atoms with Gasteiger partial charge in [-0.3, -0.25) is 4.90 Å². The van der Waals surface area contributed by atoms with Crippen molar-refractivity contribution < 1.29 is 4.74 Å². The van der Waals surface area contributed by atoms with E-state index in [-0.39, 0.29) is 0 Å². The van der Waals surface area contributed by atoms with Crippen LogP contribution in [0.25, 0.3) is 22.3 Å². The van der Waals surface area contributed by atoms with Crippen molar-refractivity contribution in [3.63, 3.8) is 0 Å². The zero-order chi connectivity index (χ0) is 31.4. The van der Waals surface area contributed by atoms with Gasteiger partial charge in [0.25, 0.3) is 0 Å². The second kappa shape index (κ2) is 11.9. The Morgan fingerprint density at radius 3 is 2.00 bits per heavy atom. The maximum atomic E-state index is 6.45. The van der Waals surface area contributed by atoms with Crippen molar-refractivity contribution in [1.82, 2.24) is 34.9 Å². The van der Waals surface area contributed by atoms with Crippen molar-refractivity contribution in [3.8, 4) is 22.8 Å². The summed E-state index contributed by atoms with van der Waals surface area (Å²) >= 11 is 0. The van der Waals surface area contributed by atoms with Crippen LogP contribution in [0.4, 0.5) is 5.82 Å². The van der Waals surface area contributed by atoms with Crippen LogP contribution in [0.2, 0.25) is 0 Å². The zero-order valence-corrected chi connectivity index (χ0v) is 27.5. The van der Waals surface area contributed by atoms with Gasteiger partial charge in [-0.15, -0.1) is 0 Å². The number of benzene rings is 2. The predicted molar refractivity (Wildman–Crippen MR) is 185 cm³/mol. The molecule has 246 valence electrons.